The van der Waals surface area contributed by atoms with Gasteiger partial charge in [0.1, 0.15) is 17.5 Å². The Morgan fingerprint density at radius 3 is 2.11 bits per heavy atom. The molecule has 18 heavy (non-hydrogen) atoms. The monoisotopic (exact) mass is 255 g/mol. The van der Waals surface area contributed by atoms with Crippen molar-refractivity contribution in [2.45, 2.75) is 31.7 Å². The summed E-state index contributed by atoms with van der Waals surface area (Å²) in [5.41, 5.74) is -0.587. The van der Waals surface area contributed by atoms with E-state index in [1.165, 1.54) is 0 Å². The van der Waals surface area contributed by atoms with Crippen LogP contribution in [0.1, 0.15) is 31.7 Å². The van der Waals surface area contributed by atoms with Crippen molar-refractivity contribution in [1.29, 1.82) is 0 Å². The highest BCUT2D eigenvalue weighted by Crippen LogP contribution is 2.46. The average Bonchev–Trinajstić information content (AvgIpc) is 2.28. The molecule has 1 atom stereocenters. The molecule has 0 spiro atoms. The van der Waals surface area contributed by atoms with Crippen molar-refractivity contribution in [2.24, 2.45) is 5.92 Å². The molecule has 1 aromatic carbocycles. The first-order valence-electron chi connectivity index (χ1n) is 6.41. The minimum atomic E-state index is -0.853. The Kier molecular flexibility index (Phi) is 2.66. The number of nitrogens with zero attached hydrogens (tertiary/aromatic N) is 1. The van der Waals surface area contributed by atoms with E-state index in [4.69, 9.17) is 0 Å². The van der Waals surface area contributed by atoms with Crippen molar-refractivity contribution >= 4 is 0 Å². The molecule has 2 bridgehead atoms. The zero-order chi connectivity index (χ0) is 12.9. The van der Waals surface area contributed by atoms with E-state index >= 15 is 0 Å². The van der Waals surface area contributed by atoms with Crippen LogP contribution in [-0.4, -0.2) is 18.0 Å². The van der Waals surface area contributed by atoms with Crippen molar-refractivity contribution in [1.82, 2.24) is 4.90 Å². The highest BCUT2D eigenvalue weighted by atomic mass is 19.1. The second-order valence-electron chi connectivity index (χ2n) is 5.65. The van der Waals surface area contributed by atoms with Crippen molar-refractivity contribution in [2.75, 3.05) is 13.1 Å². The third kappa shape index (κ3) is 1.66. The molecule has 3 fully saturated rings. The Bertz CT molecular complexity index is 457. The number of rotatable bonds is 1. The molecule has 3 aliphatic heterocycles. The van der Waals surface area contributed by atoms with Crippen LogP contribution in [0.4, 0.5) is 13.2 Å². The lowest BCUT2D eigenvalue weighted by Crippen LogP contribution is -2.55. The molecule has 4 heteroatoms. The fraction of sp³-hybridized carbons (Fsp3) is 0.571. The van der Waals surface area contributed by atoms with Crippen LogP contribution in [-0.2, 0) is 5.54 Å². The van der Waals surface area contributed by atoms with Crippen molar-refractivity contribution in [3.63, 3.8) is 0 Å². The Balaban J connectivity index is 2.09. The van der Waals surface area contributed by atoms with Gasteiger partial charge in [0.25, 0.3) is 0 Å². The van der Waals surface area contributed by atoms with Crippen LogP contribution >= 0.6 is 0 Å². The summed E-state index contributed by atoms with van der Waals surface area (Å²) in [6.45, 7) is 3.62. The number of hydrogen-bond acceptors (Lipinski definition) is 1. The van der Waals surface area contributed by atoms with Gasteiger partial charge in [-0.15, -0.1) is 0 Å². The number of hydrogen-bond donors (Lipinski definition) is 0. The number of halogens is 3. The summed E-state index contributed by atoms with van der Waals surface area (Å²) in [6.07, 6.45) is 2.95. The van der Waals surface area contributed by atoms with Gasteiger partial charge in [0.05, 0.1) is 0 Å². The highest BCUT2D eigenvalue weighted by molar-refractivity contribution is 5.29. The summed E-state index contributed by atoms with van der Waals surface area (Å²) in [4.78, 5) is 2.13. The maximum atomic E-state index is 14.0. The molecular weight excluding hydrogens is 239 g/mol. The van der Waals surface area contributed by atoms with E-state index in [2.05, 4.69) is 4.90 Å². The van der Waals surface area contributed by atoms with Gasteiger partial charge >= 0.3 is 0 Å². The van der Waals surface area contributed by atoms with E-state index in [0.717, 1.165) is 44.5 Å². The van der Waals surface area contributed by atoms with Crippen LogP contribution in [0.25, 0.3) is 0 Å². The van der Waals surface area contributed by atoms with Crippen molar-refractivity contribution < 1.29 is 13.2 Å². The third-order valence-corrected chi connectivity index (χ3v) is 4.54. The Morgan fingerprint density at radius 1 is 1.11 bits per heavy atom. The maximum absolute atomic E-state index is 14.0. The third-order valence-electron chi connectivity index (χ3n) is 4.54. The van der Waals surface area contributed by atoms with Crippen LogP contribution in [0.3, 0.4) is 0 Å². The molecule has 98 valence electrons. The van der Waals surface area contributed by atoms with Gasteiger partial charge in [-0.2, -0.15) is 0 Å². The van der Waals surface area contributed by atoms with Gasteiger partial charge in [-0.3, -0.25) is 4.90 Å². The molecule has 3 aliphatic rings. The van der Waals surface area contributed by atoms with Crippen LogP contribution in [0.2, 0.25) is 0 Å². The standard InChI is InChI=1S/C14H16F3N/c1-14(8-9-2-4-18(14)5-3-9)13-11(16)6-10(15)7-12(13)17/h6-7,9H,2-5,8H2,1H3. The summed E-state index contributed by atoms with van der Waals surface area (Å²) in [6, 6.07) is 1.57. The first-order valence-corrected chi connectivity index (χ1v) is 6.41. The number of piperidine rings is 3. The van der Waals surface area contributed by atoms with Crippen LogP contribution in [0.15, 0.2) is 12.1 Å². The van der Waals surface area contributed by atoms with E-state index in [0.29, 0.717) is 5.92 Å². The van der Waals surface area contributed by atoms with Crippen LogP contribution in [0, 0.1) is 23.4 Å². The van der Waals surface area contributed by atoms with Gasteiger partial charge in [0.2, 0.25) is 0 Å². The molecule has 1 aromatic rings. The van der Waals surface area contributed by atoms with E-state index in [1.54, 1.807) is 0 Å². The Hall–Kier alpha value is -1.03. The zero-order valence-corrected chi connectivity index (χ0v) is 10.3. The fourth-order valence-corrected chi connectivity index (χ4v) is 3.64. The summed E-state index contributed by atoms with van der Waals surface area (Å²) < 4.78 is 40.9. The van der Waals surface area contributed by atoms with E-state index < -0.39 is 23.0 Å². The average molecular weight is 255 g/mol. The SMILES string of the molecule is CC1(c2c(F)cc(F)cc2F)CC2CCN1CC2. The molecule has 4 rings (SSSR count). The molecule has 0 saturated carbocycles. The Labute approximate surface area is 105 Å². The minimum absolute atomic E-state index is 0.0355. The fourth-order valence-electron chi connectivity index (χ4n) is 3.64. The molecule has 0 aliphatic carbocycles. The second kappa shape index (κ2) is 3.98. The van der Waals surface area contributed by atoms with Gasteiger partial charge < -0.3 is 0 Å². The first-order chi connectivity index (χ1) is 8.50. The largest absolute Gasteiger partial charge is 0.294 e. The van der Waals surface area contributed by atoms with Crippen molar-refractivity contribution in [3.8, 4) is 0 Å². The quantitative estimate of drug-likeness (QED) is 0.743. The highest BCUT2D eigenvalue weighted by Gasteiger charge is 2.46. The zero-order valence-electron chi connectivity index (χ0n) is 10.3. The van der Waals surface area contributed by atoms with Gasteiger partial charge in [-0.05, 0) is 45.2 Å². The Morgan fingerprint density at radius 2 is 1.67 bits per heavy atom. The molecule has 1 unspecified atom stereocenters. The molecule has 0 radical (unpaired) electrons. The molecule has 0 amide bonds. The van der Waals surface area contributed by atoms with E-state index in [1.807, 2.05) is 6.92 Å². The van der Waals surface area contributed by atoms with E-state index in [-0.39, 0.29) is 5.56 Å². The molecule has 0 aromatic heterocycles. The normalized spacial score (nSPS) is 34.9. The summed E-state index contributed by atoms with van der Waals surface area (Å²) in [5, 5.41) is 0. The first kappa shape index (κ1) is 12.0. The maximum Gasteiger partial charge on any atom is 0.134 e. The van der Waals surface area contributed by atoms with Crippen molar-refractivity contribution in [3.05, 3.63) is 35.1 Å². The predicted octanol–water partition coefficient (Wildman–Crippen LogP) is 3.43. The summed E-state index contributed by atoms with van der Waals surface area (Å²) in [7, 11) is 0. The summed E-state index contributed by atoms with van der Waals surface area (Å²) in [5.74, 6) is -1.85. The van der Waals surface area contributed by atoms with Gasteiger partial charge in [0, 0.05) is 23.2 Å². The second-order valence-corrected chi connectivity index (χ2v) is 5.65. The molecule has 0 N–H and O–H groups in total. The minimum Gasteiger partial charge on any atom is -0.294 e. The van der Waals surface area contributed by atoms with Crippen LogP contribution < -0.4 is 0 Å². The van der Waals surface area contributed by atoms with Gasteiger partial charge in [-0.1, -0.05) is 0 Å². The van der Waals surface area contributed by atoms with E-state index in [9.17, 15) is 13.2 Å². The molecule has 1 nitrogen and oxygen atoms in total. The smallest absolute Gasteiger partial charge is 0.134 e. The number of benzene rings is 1. The molecule has 3 saturated heterocycles. The van der Waals surface area contributed by atoms with Gasteiger partial charge in [0.15, 0.2) is 0 Å². The van der Waals surface area contributed by atoms with Gasteiger partial charge in [-0.25, -0.2) is 13.2 Å². The lowest BCUT2D eigenvalue weighted by Gasteiger charge is -2.53. The lowest BCUT2D eigenvalue weighted by molar-refractivity contribution is -0.0256. The molecular formula is C14H16F3N. The predicted molar refractivity (Wildman–Crippen MR) is 62.6 cm³/mol. The van der Waals surface area contributed by atoms with Crippen LogP contribution in [0.5, 0.6) is 0 Å². The topological polar surface area (TPSA) is 3.24 Å². The summed E-state index contributed by atoms with van der Waals surface area (Å²) >= 11 is 0. The lowest BCUT2D eigenvalue weighted by atomic mass is 9.72. The molecule has 3 heterocycles. The number of fused-ring (bicyclic) bond motifs is 3.